The summed E-state index contributed by atoms with van der Waals surface area (Å²) in [5.41, 5.74) is 1.09. The standard InChI is InChI=1S/C20H31N3O2/c1-3-14-23(19-9-12-21-13-10-19)20(25)11-15-22(17(2)24)16-18-7-5-4-6-8-18/h4-8,19,21H,3,9-16H2,1-2H3. The van der Waals surface area contributed by atoms with Crippen molar-refractivity contribution in [3.05, 3.63) is 35.9 Å². The lowest BCUT2D eigenvalue weighted by Crippen LogP contribution is -2.47. The summed E-state index contributed by atoms with van der Waals surface area (Å²) in [5.74, 6) is 0.189. The third-order valence-corrected chi connectivity index (χ3v) is 4.79. The molecular formula is C20H31N3O2. The van der Waals surface area contributed by atoms with Gasteiger partial charge in [0.15, 0.2) is 0 Å². The van der Waals surface area contributed by atoms with E-state index in [4.69, 9.17) is 0 Å². The van der Waals surface area contributed by atoms with Crippen LogP contribution in [-0.4, -0.2) is 53.8 Å². The molecule has 25 heavy (non-hydrogen) atoms. The fraction of sp³-hybridized carbons (Fsp3) is 0.600. The normalized spacial score (nSPS) is 15.0. The first-order chi connectivity index (χ1) is 12.1. The summed E-state index contributed by atoms with van der Waals surface area (Å²) in [7, 11) is 0. The first kappa shape index (κ1) is 19.4. The summed E-state index contributed by atoms with van der Waals surface area (Å²) in [6, 6.07) is 10.3. The van der Waals surface area contributed by atoms with Gasteiger partial charge < -0.3 is 15.1 Å². The molecule has 0 unspecified atom stereocenters. The van der Waals surface area contributed by atoms with E-state index < -0.39 is 0 Å². The van der Waals surface area contributed by atoms with Crippen LogP contribution in [0.25, 0.3) is 0 Å². The number of nitrogens with one attached hydrogen (secondary N) is 1. The second-order valence-corrected chi connectivity index (χ2v) is 6.74. The number of nitrogens with zero attached hydrogens (tertiary/aromatic N) is 2. The Kier molecular flexibility index (Phi) is 7.92. The van der Waals surface area contributed by atoms with Gasteiger partial charge in [-0.1, -0.05) is 37.3 Å². The minimum absolute atomic E-state index is 0.0144. The molecule has 0 bridgehead atoms. The van der Waals surface area contributed by atoms with Crippen LogP contribution in [0.15, 0.2) is 30.3 Å². The molecule has 0 radical (unpaired) electrons. The van der Waals surface area contributed by atoms with E-state index in [0.29, 0.717) is 25.6 Å². The first-order valence-electron chi connectivity index (χ1n) is 9.41. The summed E-state index contributed by atoms with van der Waals surface area (Å²) in [5, 5.41) is 3.35. The molecule has 5 nitrogen and oxygen atoms in total. The Balaban J connectivity index is 1.92. The molecule has 0 aromatic heterocycles. The lowest BCUT2D eigenvalue weighted by molar-refractivity contribution is -0.136. The molecule has 0 spiro atoms. The average molecular weight is 345 g/mol. The zero-order valence-corrected chi connectivity index (χ0v) is 15.5. The van der Waals surface area contributed by atoms with Crippen molar-refractivity contribution >= 4 is 11.8 Å². The third kappa shape index (κ3) is 6.16. The van der Waals surface area contributed by atoms with E-state index in [1.54, 1.807) is 11.8 Å². The number of hydrogen-bond acceptors (Lipinski definition) is 3. The molecule has 0 atom stereocenters. The van der Waals surface area contributed by atoms with Crippen LogP contribution in [0.2, 0.25) is 0 Å². The number of amides is 2. The number of piperidine rings is 1. The van der Waals surface area contributed by atoms with Gasteiger partial charge in [-0.05, 0) is 37.9 Å². The van der Waals surface area contributed by atoms with Gasteiger partial charge in [0.05, 0.1) is 0 Å². The smallest absolute Gasteiger partial charge is 0.224 e. The molecule has 1 fully saturated rings. The van der Waals surface area contributed by atoms with Gasteiger partial charge in [0.25, 0.3) is 0 Å². The summed E-state index contributed by atoms with van der Waals surface area (Å²) >= 11 is 0. The fourth-order valence-corrected chi connectivity index (χ4v) is 3.40. The van der Waals surface area contributed by atoms with Crippen LogP contribution in [0.1, 0.15) is 45.1 Å². The van der Waals surface area contributed by atoms with Crippen molar-refractivity contribution in [2.24, 2.45) is 0 Å². The quantitative estimate of drug-likeness (QED) is 0.787. The molecule has 1 saturated heterocycles. The Bertz CT molecular complexity index is 541. The monoisotopic (exact) mass is 345 g/mol. The van der Waals surface area contributed by atoms with E-state index in [0.717, 1.165) is 44.5 Å². The Labute approximate surface area is 151 Å². The zero-order valence-electron chi connectivity index (χ0n) is 15.5. The molecular weight excluding hydrogens is 314 g/mol. The van der Waals surface area contributed by atoms with Gasteiger partial charge in [-0.2, -0.15) is 0 Å². The minimum Gasteiger partial charge on any atom is -0.340 e. The second-order valence-electron chi connectivity index (χ2n) is 6.74. The highest BCUT2D eigenvalue weighted by molar-refractivity contribution is 5.78. The van der Waals surface area contributed by atoms with Crippen molar-refractivity contribution in [2.75, 3.05) is 26.2 Å². The predicted molar refractivity (Wildman–Crippen MR) is 100 cm³/mol. The molecule has 1 aromatic rings. The van der Waals surface area contributed by atoms with Gasteiger partial charge in [-0.3, -0.25) is 9.59 Å². The molecule has 1 aliphatic rings. The molecule has 1 N–H and O–H groups in total. The van der Waals surface area contributed by atoms with E-state index >= 15 is 0 Å². The molecule has 1 heterocycles. The van der Waals surface area contributed by atoms with E-state index in [1.165, 1.54) is 0 Å². The largest absolute Gasteiger partial charge is 0.340 e. The number of carbonyl (C=O) groups excluding carboxylic acids is 2. The maximum absolute atomic E-state index is 12.8. The lowest BCUT2D eigenvalue weighted by Gasteiger charge is -2.35. The molecule has 138 valence electrons. The Morgan fingerprint density at radius 3 is 2.40 bits per heavy atom. The van der Waals surface area contributed by atoms with Gasteiger partial charge in [-0.25, -0.2) is 0 Å². The van der Waals surface area contributed by atoms with Crippen molar-refractivity contribution < 1.29 is 9.59 Å². The summed E-state index contributed by atoms with van der Waals surface area (Å²) < 4.78 is 0. The van der Waals surface area contributed by atoms with Gasteiger partial charge in [-0.15, -0.1) is 0 Å². The maximum Gasteiger partial charge on any atom is 0.224 e. The van der Waals surface area contributed by atoms with Gasteiger partial charge in [0.1, 0.15) is 0 Å². The highest BCUT2D eigenvalue weighted by atomic mass is 16.2. The molecule has 2 rings (SSSR count). The van der Waals surface area contributed by atoms with Gasteiger partial charge in [0.2, 0.25) is 11.8 Å². The molecule has 5 heteroatoms. The molecule has 2 amide bonds. The van der Waals surface area contributed by atoms with Crippen LogP contribution in [-0.2, 0) is 16.1 Å². The van der Waals surface area contributed by atoms with Gasteiger partial charge >= 0.3 is 0 Å². The Morgan fingerprint density at radius 2 is 1.80 bits per heavy atom. The van der Waals surface area contributed by atoms with Gasteiger partial charge in [0, 0.05) is 39.0 Å². The van der Waals surface area contributed by atoms with Crippen LogP contribution >= 0.6 is 0 Å². The van der Waals surface area contributed by atoms with E-state index in [2.05, 4.69) is 12.2 Å². The second kappa shape index (κ2) is 10.2. The number of benzene rings is 1. The van der Waals surface area contributed by atoms with E-state index in [1.807, 2.05) is 35.2 Å². The predicted octanol–water partition coefficient (Wildman–Crippen LogP) is 2.42. The topological polar surface area (TPSA) is 52.7 Å². The summed E-state index contributed by atoms with van der Waals surface area (Å²) in [6.07, 6.45) is 3.41. The summed E-state index contributed by atoms with van der Waals surface area (Å²) in [6.45, 7) is 7.49. The highest BCUT2D eigenvalue weighted by Crippen LogP contribution is 2.15. The van der Waals surface area contributed by atoms with Crippen molar-refractivity contribution in [1.82, 2.24) is 15.1 Å². The minimum atomic E-state index is 0.0144. The number of carbonyl (C=O) groups is 2. The lowest BCUT2D eigenvalue weighted by atomic mass is 10.0. The average Bonchev–Trinajstić information content (AvgIpc) is 2.64. The van der Waals surface area contributed by atoms with Crippen LogP contribution in [0.5, 0.6) is 0 Å². The van der Waals surface area contributed by atoms with Crippen LogP contribution in [0.3, 0.4) is 0 Å². The van der Waals surface area contributed by atoms with Crippen molar-refractivity contribution in [2.45, 2.75) is 52.1 Å². The zero-order chi connectivity index (χ0) is 18.1. The number of hydrogen-bond donors (Lipinski definition) is 1. The van der Waals surface area contributed by atoms with Crippen LogP contribution in [0.4, 0.5) is 0 Å². The Morgan fingerprint density at radius 1 is 1.12 bits per heavy atom. The fourth-order valence-electron chi connectivity index (χ4n) is 3.40. The first-order valence-corrected chi connectivity index (χ1v) is 9.41. The van der Waals surface area contributed by atoms with E-state index in [9.17, 15) is 9.59 Å². The SMILES string of the molecule is CCCN(C(=O)CCN(Cc1ccccc1)C(C)=O)C1CCNCC1. The van der Waals surface area contributed by atoms with E-state index in [-0.39, 0.29) is 11.8 Å². The Hall–Kier alpha value is -1.88. The van der Waals surface area contributed by atoms with Crippen LogP contribution < -0.4 is 5.32 Å². The highest BCUT2D eigenvalue weighted by Gasteiger charge is 2.25. The van der Waals surface area contributed by atoms with Crippen molar-refractivity contribution in [3.63, 3.8) is 0 Å². The van der Waals surface area contributed by atoms with Crippen LogP contribution in [0, 0.1) is 0 Å². The molecule has 0 aliphatic carbocycles. The molecule has 0 saturated carbocycles. The van der Waals surface area contributed by atoms with Crippen molar-refractivity contribution in [3.8, 4) is 0 Å². The molecule has 1 aliphatic heterocycles. The molecule has 1 aromatic carbocycles. The maximum atomic E-state index is 12.8. The van der Waals surface area contributed by atoms with Crippen molar-refractivity contribution in [1.29, 1.82) is 0 Å². The summed E-state index contributed by atoms with van der Waals surface area (Å²) in [4.78, 5) is 28.5. The number of rotatable bonds is 8. The third-order valence-electron chi connectivity index (χ3n) is 4.79.